The summed E-state index contributed by atoms with van der Waals surface area (Å²) in [5.41, 5.74) is 8.04. The topological polar surface area (TPSA) is 0 Å². The first-order valence-electron chi connectivity index (χ1n) is 11.4. The van der Waals surface area contributed by atoms with Gasteiger partial charge in [-0.1, -0.05) is 53.4 Å². The Kier molecular flexibility index (Phi) is 15.5. The number of hydrogen-bond acceptors (Lipinski definition) is 0. The molecule has 2 aromatic rings. The van der Waals surface area contributed by atoms with E-state index < -0.39 is 5.43 Å². The molecule has 2 aromatic carbocycles. The van der Waals surface area contributed by atoms with Gasteiger partial charge in [-0.3, -0.25) is 12.2 Å². The van der Waals surface area contributed by atoms with Gasteiger partial charge in [-0.2, -0.15) is 22.3 Å². The molecule has 4 rings (SSSR count). The van der Waals surface area contributed by atoms with E-state index in [9.17, 15) is 0 Å². The summed E-state index contributed by atoms with van der Waals surface area (Å²) in [7, 11) is 0. The third kappa shape index (κ3) is 9.27. The Bertz CT molecular complexity index is 978. The molecule has 2 aliphatic carbocycles. The van der Waals surface area contributed by atoms with E-state index >= 15 is 0 Å². The van der Waals surface area contributed by atoms with Crippen molar-refractivity contribution in [1.29, 1.82) is 0 Å². The predicted molar refractivity (Wildman–Crippen MR) is 138 cm³/mol. The van der Waals surface area contributed by atoms with Crippen molar-refractivity contribution in [1.82, 2.24) is 0 Å². The van der Waals surface area contributed by atoms with Crippen molar-refractivity contribution < 1.29 is 48.1 Å². The van der Waals surface area contributed by atoms with Gasteiger partial charge in [-0.05, 0) is 0 Å². The molecule has 0 aromatic heterocycles. The average Bonchev–Trinajstić information content (AvgIpc) is 3.17. The standard InChI is InChI=1S/C12H10Si.2C9H13.2ClH.Zr/c1-3-7-11(8-4-1)13-12-9-5-2-6-10-12;2*1-6-5-7(2)9(4)8(6)3;;;/h1-10H;2*6H,1-4H3;2*1H;/q;2*-1;;;+2/p-2. The molecule has 2 aliphatic rings. The van der Waals surface area contributed by atoms with Gasteiger partial charge >= 0.3 is 99.8 Å². The number of hydrogen-bond donors (Lipinski definition) is 0. The zero-order valence-electron chi connectivity index (χ0n) is 21.7. The third-order valence-corrected chi connectivity index (χ3v) is 12.7. The quantitative estimate of drug-likeness (QED) is 0.361. The van der Waals surface area contributed by atoms with Gasteiger partial charge in [0.1, 0.15) is 0 Å². The van der Waals surface area contributed by atoms with Gasteiger partial charge in [0.2, 0.25) is 0 Å². The normalized spacial score (nSPS) is 18.4. The van der Waals surface area contributed by atoms with Gasteiger partial charge < -0.3 is 24.8 Å². The van der Waals surface area contributed by atoms with E-state index in [-0.39, 0.29) is 24.8 Å². The van der Waals surface area contributed by atoms with Crippen LogP contribution in [0.3, 0.4) is 0 Å². The van der Waals surface area contributed by atoms with Crippen LogP contribution in [0.1, 0.15) is 55.4 Å². The molecule has 180 valence electrons. The first kappa shape index (κ1) is 33.1. The van der Waals surface area contributed by atoms with E-state index in [2.05, 4.69) is 128 Å². The van der Waals surface area contributed by atoms with Gasteiger partial charge in [0, 0.05) is 0 Å². The molecule has 0 amide bonds. The molecule has 2 unspecified atom stereocenters. The van der Waals surface area contributed by atoms with Crippen LogP contribution in [0.5, 0.6) is 0 Å². The molecule has 0 nitrogen and oxygen atoms in total. The number of halogens is 2. The molecule has 0 spiro atoms. The van der Waals surface area contributed by atoms with Crippen LogP contribution in [0.2, 0.25) is 0 Å². The van der Waals surface area contributed by atoms with Crippen LogP contribution in [0.25, 0.3) is 0 Å². The average molecular weight is 587 g/mol. The van der Waals surface area contributed by atoms with Crippen LogP contribution in [-0.4, -0.2) is 5.43 Å². The Hall–Kier alpha value is -0.920. The van der Waals surface area contributed by atoms with E-state index in [1.54, 1.807) is 23.3 Å². The summed E-state index contributed by atoms with van der Waals surface area (Å²) in [4.78, 5) is 0. The van der Waals surface area contributed by atoms with Crippen molar-refractivity contribution in [2.45, 2.75) is 55.4 Å². The van der Waals surface area contributed by atoms with E-state index in [0.29, 0.717) is 11.8 Å². The molecule has 34 heavy (non-hydrogen) atoms. The number of rotatable bonds is 2. The van der Waals surface area contributed by atoms with E-state index in [4.69, 9.17) is 0 Å². The van der Waals surface area contributed by atoms with Gasteiger partial charge in [0.05, 0.1) is 0 Å². The number of allylic oxidation sites excluding steroid dienone is 8. The zero-order chi connectivity index (χ0) is 23.8. The number of benzene rings is 2. The molecule has 4 heteroatoms. The van der Waals surface area contributed by atoms with Crippen LogP contribution in [-0.2, 0) is 23.3 Å². The Morgan fingerprint density at radius 1 is 0.588 bits per heavy atom. The summed E-state index contributed by atoms with van der Waals surface area (Å²) in [6, 6.07) is 21.7. The van der Waals surface area contributed by atoms with Gasteiger partial charge in [0.15, 0.2) is 0 Å². The fraction of sp³-hybridized carbons (Fsp3) is 0.333. The van der Waals surface area contributed by atoms with Crippen molar-refractivity contribution in [2.24, 2.45) is 11.8 Å². The van der Waals surface area contributed by atoms with E-state index in [1.807, 2.05) is 0 Å². The minimum atomic E-state index is -0.455. The maximum atomic E-state index is 3.36. The van der Waals surface area contributed by atoms with Crippen molar-refractivity contribution in [3.05, 3.63) is 106 Å². The van der Waals surface area contributed by atoms with Crippen LogP contribution >= 0.6 is 0 Å². The second kappa shape index (κ2) is 15.9. The Morgan fingerprint density at radius 2 is 0.882 bits per heavy atom. The summed E-state index contributed by atoms with van der Waals surface area (Å²) in [5.74, 6) is 1.12. The van der Waals surface area contributed by atoms with Gasteiger partial charge in [-0.15, -0.1) is 13.8 Å². The van der Waals surface area contributed by atoms with E-state index in [0.717, 1.165) is 0 Å². The molecule has 0 aliphatic heterocycles. The third-order valence-electron chi connectivity index (χ3n) is 6.60. The van der Waals surface area contributed by atoms with Crippen LogP contribution in [0.15, 0.2) is 94.1 Å². The molecule has 0 N–H and O–H groups in total. The fourth-order valence-corrected chi connectivity index (χ4v) is 7.54. The van der Waals surface area contributed by atoms with Crippen molar-refractivity contribution in [2.75, 3.05) is 0 Å². The molecular formula is C30H36Cl2SiZr-2. The molecule has 0 heterocycles. The molecule has 0 fully saturated rings. The molecule has 0 radical (unpaired) electrons. The Balaban J connectivity index is 0.000000485. The molecular weight excluding hydrogens is 551 g/mol. The summed E-state index contributed by atoms with van der Waals surface area (Å²) < 4.78 is 0. The molecule has 0 saturated carbocycles. The Labute approximate surface area is 235 Å². The Morgan fingerprint density at radius 3 is 1.06 bits per heavy atom. The monoisotopic (exact) mass is 584 g/mol. The second-order valence-corrected chi connectivity index (χ2v) is 14.3. The summed E-state index contributed by atoms with van der Waals surface area (Å²) in [6.07, 6.45) is 6.72. The molecule has 0 bridgehead atoms. The minimum absolute atomic E-state index is 0. The SMILES string of the molecule is CC1=[C-]C(C)C(C)=C1C.CC1=[C-]C(C)C(C)=C1C.[Cl-].[Cl-].[Zr+2]=[Si](c1ccccc1)c1ccccc1. The zero-order valence-corrected chi connectivity index (χ0v) is 26.7. The van der Waals surface area contributed by atoms with Gasteiger partial charge in [0.25, 0.3) is 0 Å². The second-order valence-electron chi connectivity index (χ2n) is 8.71. The van der Waals surface area contributed by atoms with Gasteiger partial charge in [-0.25, -0.2) is 11.1 Å². The van der Waals surface area contributed by atoms with Crippen LogP contribution in [0.4, 0.5) is 0 Å². The van der Waals surface area contributed by atoms with Crippen molar-refractivity contribution in [3.63, 3.8) is 0 Å². The van der Waals surface area contributed by atoms with Crippen LogP contribution in [0, 0.1) is 24.0 Å². The first-order valence-corrected chi connectivity index (χ1v) is 16.6. The van der Waals surface area contributed by atoms with Crippen molar-refractivity contribution >= 4 is 15.8 Å². The summed E-state index contributed by atoms with van der Waals surface area (Å²) in [5, 5.41) is 3.03. The van der Waals surface area contributed by atoms with Crippen LogP contribution < -0.4 is 35.2 Å². The molecule has 2 atom stereocenters. The van der Waals surface area contributed by atoms with E-state index in [1.165, 1.54) is 43.8 Å². The summed E-state index contributed by atoms with van der Waals surface area (Å²) in [6.45, 7) is 17.3. The first-order chi connectivity index (χ1) is 15.1. The predicted octanol–water partition coefficient (Wildman–Crippen LogP) is 0.791. The molecule has 0 saturated heterocycles. The maximum absolute atomic E-state index is 3.36. The summed E-state index contributed by atoms with van der Waals surface area (Å²) >= 11 is 1.64. The van der Waals surface area contributed by atoms with Crippen molar-refractivity contribution in [3.8, 4) is 0 Å². The fourth-order valence-electron chi connectivity index (χ4n) is 3.70.